The normalized spacial score (nSPS) is 18.1. The molecule has 1 aliphatic rings. The van der Waals surface area contributed by atoms with Gasteiger partial charge in [-0.2, -0.15) is 5.10 Å². The van der Waals surface area contributed by atoms with E-state index in [2.05, 4.69) is 5.10 Å². The molecule has 0 aliphatic carbocycles. The van der Waals surface area contributed by atoms with Crippen LogP contribution in [-0.4, -0.2) is 34.3 Å². The van der Waals surface area contributed by atoms with Crippen LogP contribution in [0.2, 0.25) is 0 Å². The first-order valence-electron chi connectivity index (χ1n) is 5.25. The van der Waals surface area contributed by atoms with Crippen LogP contribution in [0.3, 0.4) is 0 Å². The number of nitrogens with zero attached hydrogens (tertiary/aromatic N) is 4. The molecule has 1 aromatic rings. The molecule has 2 heterocycles. The molecule has 1 aromatic heterocycles. The third-order valence-electron chi connectivity index (χ3n) is 3.00. The van der Waals surface area contributed by atoms with E-state index in [4.69, 9.17) is 5.73 Å². The highest BCUT2D eigenvalue weighted by atomic mass is 35.5. The molecular weight excluding hydrogens is 281 g/mol. The zero-order valence-corrected chi connectivity index (χ0v) is 11.6. The summed E-state index contributed by atoms with van der Waals surface area (Å²) in [6.45, 7) is 2.21. The van der Waals surface area contributed by atoms with Crippen LogP contribution < -0.4 is 10.6 Å². The Hall–Kier alpha value is -1.05. The maximum atomic E-state index is 10.8. The van der Waals surface area contributed by atoms with E-state index in [0.29, 0.717) is 18.3 Å². The molecule has 0 aromatic carbocycles. The smallest absolute Gasteiger partial charge is 0.331 e. The Kier molecular flexibility index (Phi) is 6.37. The second kappa shape index (κ2) is 6.77. The zero-order valence-electron chi connectivity index (χ0n) is 9.98. The van der Waals surface area contributed by atoms with Crippen LogP contribution in [0, 0.1) is 16.0 Å². The number of nitro groups is 1. The average molecular weight is 298 g/mol. The summed E-state index contributed by atoms with van der Waals surface area (Å²) < 4.78 is 1.55. The maximum Gasteiger partial charge on any atom is 0.331 e. The molecule has 0 radical (unpaired) electrons. The van der Waals surface area contributed by atoms with Crippen LogP contribution >= 0.6 is 24.8 Å². The molecule has 7 nitrogen and oxygen atoms in total. The summed E-state index contributed by atoms with van der Waals surface area (Å²) in [4.78, 5) is 12.4. The van der Waals surface area contributed by atoms with E-state index in [1.165, 1.54) is 6.20 Å². The first-order chi connectivity index (χ1) is 7.63. The van der Waals surface area contributed by atoms with Gasteiger partial charge in [-0.05, 0) is 18.9 Å². The predicted octanol–water partition coefficient (Wildman–Crippen LogP) is 0.957. The highest BCUT2D eigenvalue weighted by molar-refractivity contribution is 5.85. The monoisotopic (exact) mass is 297 g/mol. The Bertz CT molecular complexity index is 412. The van der Waals surface area contributed by atoms with Crippen molar-refractivity contribution in [3.05, 3.63) is 16.3 Å². The van der Waals surface area contributed by atoms with E-state index in [1.54, 1.807) is 11.7 Å². The van der Waals surface area contributed by atoms with Gasteiger partial charge in [0.2, 0.25) is 5.82 Å². The standard InChI is InChI=1S/C9H15N5O2.2ClH/c1-12-9(8(5-11-12)14(15)16)13-3-2-7(4-10)6-13;;/h5,7H,2-4,6,10H2,1H3;2*1H/t7-;;/m0../s1. The number of halogens is 2. The van der Waals surface area contributed by atoms with Gasteiger partial charge < -0.3 is 10.6 Å². The second-order valence-electron chi connectivity index (χ2n) is 4.07. The van der Waals surface area contributed by atoms with Gasteiger partial charge in [-0.25, -0.2) is 4.68 Å². The molecule has 1 saturated heterocycles. The number of hydrogen-bond acceptors (Lipinski definition) is 5. The topological polar surface area (TPSA) is 90.2 Å². The van der Waals surface area contributed by atoms with Gasteiger partial charge in [-0.3, -0.25) is 10.1 Å². The van der Waals surface area contributed by atoms with Crippen molar-refractivity contribution in [2.45, 2.75) is 6.42 Å². The highest BCUT2D eigenvalue weighted by Crippen LogP contribution is 2.30. The predicted molar refractivity (Wildman–Crippen MR) is 73.7 cm³/mol. The summed E-state index contributed by atoms with van der Waals surface area (Å²) in [5, 5.41) is 14.8. The number of anilines is 1. The lowest BCUT2D eigenvalue weighted by molar-refractivity contribution is -0.384. The van der Waals surface area contributed by atoms with E-state index in [0.717, 1.165) is 19.5 Å². The lowest BCUT2D eigenvalue weighted by atomic mass is 10.1. The molecular formula is C9H17Cl2N5O2. The molecule has 0 bridgehead atoms. The molecule has 9 heteroatoms. The molecule has 104 valence electrons. The summed E-state index contributed by atoms with van der Waals surface area (Å²) in [5.74, 6) is 1.01. The minimum absolute atomic E-state index is 0. The number of hydrogen-bond donors (Lipinski definition) is 1. The fraction of sp³-hybridized carbons (Fsp3) is 0.667. The average Bonchev–Trinajstić information content (AvgIpc) is 2.83. The minimum Gasteiger partial charge on any atom is -0.351 e. The first kappa shape index (κ1) is 16.9. The van der Waals surface area contributed by atoms with Crippen molar-refractivity contribution in [3.8, 4) is 0 Å². The van der Waals surface area contributed by atoms with Crippen molar-refractivity contribution in [3.63, 3.8) is 0 Å². The van der Waals surface area contributed by atoms with E-state index >= 15 is 0 Å². The quantitative estimate of drug-likeness (QED) is 0.663. The molecule has 0 saturated carbocycles. The van der Waals surface area contributed by atoms with Crippen LogP contribution in [0.1, 0.15) is 6.42 Å². The summed E-state index contributed by atoms with van der Waals surface area (Å²) in [5.41, 5.74) is 5.67. The Morgan fingerprint density at radius 1 is 1.61 bits per heavy atom. The SMILES string of the molecule is Cl.Cl.Cn1ncc([N+](=O)[O-])c1N1CC[C@@H](CN)C1. The van der Waals surface area contributed by atoms with E-state index < -0.39 is 4.92 Å². The van der Waals surface area contributed by atoms with Crippen molar-refractivity contribution >= 4 is 36.3 Å². The Morgan fingerprint density at radius 2 is 2.28 bits per heavy atom. The van der Waals surface area contributed by atoms with E-state index in [1.807, 2.05) is 4.90 Å². The first-order valence-corrected chi connectivity index (χ1v) is 5.25. The van der Waals surface area contributed by atoms with Gasteiger partial charge in [0.05, 0.1) is 4.92 Å². The third kappa shape index (κ3) is 3.04. The van der Waals surface area contributed by atoms with E-state index in [-0.39, 0.29) is 30.5 Å². The van der Waals surface area contributed by atoms with Gasteiger partial charge in [-0.1, -0.05) is 0 Å². The van der Waals surface area contributed by atoms with E-state index in [9.17, 15) is 10.1 Å². The van der Waals surface area contributed by atoms with Gasteiger partial charge >= 0.3 is 5.69 Å². The number of rotatable bonds is 3. The molecule has 0 unspecified atom stereocenters. The number of aryl methyl sites for hydroxylation is 1. The molecule has 18 heavy (non-hydrogen) atoms. The zero-order chi connectivity index (χ0) is 11.7. The van der Waals surface area contributed by atoms with Crippen LogP contribution in [0.25, 0.3) is 0 Å². The maximum absolute atomic E-state index is 10.8. The van der Waals surface area contributed by atoms with Crippen molar-refractivity contribution in [2.24, 2.45) is 18.7 Å². The third-order valence-corrected chi connectivity index (χ3v) is 3.00. The largest absolute Gasteiger partial charge is 0.351 e. The fourth-order valence-electron chi connectivity index (χ4n) is 2.13. The molecule has 1 aliphatic heterocycles. The van der Waals surface area contributed by atoms with Gasteiger partial charge in [0.1, 0.15) is 6.20 Å². The van der Waals surface area contributed by atoms with Crippen molar-refractivity contribution in [1.29, 1.82) is 0 Å². The minimum atomic E-state index is -0.391. The lowest BCUT2D eigenvalue weighted by Gasteiger charge is -2.17. The van der Waals surface area contributed by atoms with Gasteiger partial charge in [0.15, 0.2) is 0 Å². The van der Waals surface area contributed by atoms with Crippen molar-refractivity contribution in [2.75, 3.05) is 24.5 Å². The van der Waals surface area contributed by atoms with Crippen molar-refractivity contribution in [1.82, 2.24) is 9.78 Å². The van der Waals surface area contributed by atoms with Crippen LogP contribution in [0.5, 0.6) is 0 Å². The summed E-state index contributed by atoms with van der Waals surface area (Å²) >= 11 is 0. The van der Waals surface area contributed by atoms with Gasteiger partial charge in [0.25, 0.3) is 0 Å². The Morgan fingerprint density at radius 3 is 2.78 bits per heavy atom. The Labute approximate surface area is 117 Å². The van der Waals surface area contributed by atoms with Gasteiger partial charge in [0, 0.05) is 20.1 Å². The lowest BCUT2D eigenvalue weighted by Crippen LogP contribution is -2.25. The van der Waals surface area contributed by atoms with Crippen LogP contribution in [-0.2, 0) is 7.05 Å². The number of aromatic nitrogens is 2. The molecule has 1 atom stereocenters. The molecule has 2 rings (SSSR count). The molecule has 2 N–H and O–H groups in total. The van der Waals surface area contributed by atoms with Crippen LogP contribution in [0.15, 0.2) is 6.20 Å². The van der Waals surface area contributed by atoms with Crippen molar-refractivity contribution < 1.29 is 4.92 Å². The number of nitrogens with two attached hydrogens (primary N) is 1. The highest BCUT2D eigenvalue weighted by Gasteiger charge is 2.30. The molecule has 0 spiro atoms. The fourth-order valence-corrected chi connectivity index (χ4v) is 2.13. The summed E-state index contributed by atoms with van der Waals surface area (Å²) in [6.07, 6.45) is 2.28. The van der Waals surface area contributed by atoms with Gasteiger partial charge in [-0.15, -0.1) is 24.8 Å². The molecule has 1 fully saturated rings. The second-order valence-corrected chi connectivity index (χ2v) is 4.07. The molecule has 0 amide bonds. The Balaban J connectivity index is 0.00000144. The van der Waals surface area contributed by atoms with Crippen LogP contribution in [0.4, 0.5) is 11.5 Å². The summed E-state index contributed by atoms with van der Waals surface area (Å²) in [7, 11) is 1.72. The summed E-state index contributed by atoms with van der Waals surface area (Å²) in [6, 6.07) is 0.